The molecular weight excluding hydrogens is 321 g/mol. The summed E-state index contributed by atoms with van der Waals surface area (Å²) in [5.74, 6) is -1.75. The monoisotopic (exact) mass is 336 g/mol. The number of nitro benzene ring substituents is 1. The molecule has 1 aliphatic rings. The highest BCUT2D eigenvalue weighted by Gasteiger charge is 2.26. The van der Waals surface area contributed by atoms with Crippen LogP contribution in [0.1, 0.15) is 0 Å². The Morgan fingerprint density at radius 1 is 1.04 bits per heavy atom. The van der Waals surface area contributed by atoms with Crippen LogP contribution in [0, 0.1) is 21.7 Å². The van der Waals surface area contributed by atoms with Crippen molar-refractivity contribution in [3.63, 3.8) is 0 Å². The minimum absolute atomic E-state index is 0.154. The zero-order valence-electron chi connectivity index (χ0n) is 12.3. The maximum atomic E-state index is 14.1. The number of halogens is 2. The van der Waals surface area contributed by atoms with E-state index < -0.39 is 22.2 Å². The Balaban J connectivity index is 1.76. The molecule has 0 atom stereocenters. The van der Waals surface area contributed by atoms with Crippen LogP contribution in [0.4, 0.5) is 20.2 Å². The molecule has 0 radical (unpaired) electrons. The van der Waals surface area contributed by atoms with Gasteiger partial charge < -0.3 is 4.90 Å². The van der Waals surface area contributed by atoms with Gasteiger partial charge in [0, 0.05) is 13.1 Å². The molecule has 2 aromatic rings. The molecule has 1 saturated heterocycles. The molecule has 1 fully saturated rings. The Labute approximate surface area is 133 Å². The maximum Gasteiger partial charge on any atom is 0.275 e. The Morgan fingerprint density at radius 3 is 2.13 bits per heavy atom. The third-order valence-electron chi connectivity index (χ3n) is 3.93. The third kappa shape index (κ3) is 3.32. The zero-order chi connectivity index (χ0) is 16.4. The summed E-state index contributed by atoms with van der Waals surface area (Å²) in [6, 6.07) is 11.7. The number of nitro groups is 1. The van der Waals surface area contributed by atoms with E-state index in [1.165, 1.54) is 5.30 Å². The van der Waals surface area contributed by atoms with Gasteiger partial charge in [0.05, 0.1) is 17.1 Å². The summed E-state index contributed by atoms with van der Waals surface area (Å²) in [5.41, 5.74) is -0.717. The minimum Gasteiger partial charge on any atom is -0.366 e. The van der Waals surface area contributed by atoms with Gasteiger partial charge in [-0.2, -0.15) is 0 Å². The van der Waals surface area contributed by atoms with Crippen LogP contribution in [0.2, 0.25) is 0 Å². The van der Waals surface area contributed by atoms with Gasteiger partial charge in [-0.15, -0.1) is 0 Å². The fourth-order valence-electron chi connectivity index (χ4n) is 2.79. The van der Waals surface area contributed by atoms with Crippen molar-refractivity contribution in [1.82, 2.24) is 0 Å². The summed E-state index contributed by atoms with van der Waals surface area (Å²) in [4.78, 5) is 11.5. The topological polar surface area (TPSA) is 46.4 Å². The lowest BCUT2D eigenvalue weighted by atomic mass is 10.2. The van der Waals surface area contributed by atoms with E-state index in [9.17, 15) is 18.9 Å². The summed E-state index contributed by atoms with van der Waals surface area (Å²) in [7, 11) is -0.314. The molecule has 0 saturated carbocycles. The number of nitrogens with zero attached hydrogens (tertiary/aromatic N) is 2. The van der Waals surface area contributed by atoms with Crippen LogP contribution in [0.5, 0.6) is 0 Å². The van der Waals surface area contributed by atoms with Gasteiger partial charge >= 0.3 is 0 Å². The Kier molecular flexibility index (Phi) is 4.53. The van der Waals surface area contributed by atoms with Crippen molar-refractivity contribution in [1.29, 1.82) is 0 Å². The second-order valence-corrected chi connectivity index (χ2v) is 7.82. The van der Waals surface area contributed by atoms with E-state index >= 15 is 0 Å². The smallest absolute Gasteiger partial charge is 0.275 e. The Bertz CT molecular complexity index is 696. The van der Waals surface area contributed by atoms with Gasteiger partial charge in [0.1, 0.15) is 5.69 Å². The van der Waals surface area contributed by atoms with E-state index in [-0.39, 0.29) is 13.6 Å². The van der Waals surface area contributed by atoms with Crippen molar-refractivity contribution in [2.75, 3.05) is 30.3 Å². The molecule has 0 N–H and O–H groups in total. The lowest BCUT2D eigenvalue weighted by Crippen LogP contribution is -2.36. The van der Waals surface area contributed by atoms with Gasteiger partial charge in [-0.05, 0) is 17.6 Å². The van der Waals surface area contributed by atoms with Gasteiger partial charge in [0.2, 0.25) is 0 Å². The molecule has 0 aliphatic carbocycles. The second kappa shape index (κ2) is 6.59. The zero-order valence-corrected chi connectivity index (χ0v) is 13.2. The summed E-state index contributed by atoms with van der Waals surface area (Å²) in [6.07, 6.45) is 1.71. The van der Waals surface area contributed by atoms with Crippen molar-refractivity contribution in [3.05, 3.63) is 64.2 Å². The molecular formula is C16H15F2N2O2P. The molecule has 4 nitrogen and oxygen atoms in total. The number of benzene rings is 2. The van der Waals surface area contributed by atoms with Crippen LogP contribution < -0.4 is 10.2 Å². The van der Waals surface area contributed by atoms with E-state index in [4.69, 9.17) is 0 Å². The first-order valence-electron chi connectivity index (χ1n) is 7.24. The first-order chi connectivity index (χ1) is 11.1. The molecule has 0 amide bonds. The van der Waals surface area contributed by atoms with Gasteiger partial charge in [0.15, 0.2) is 11.6 Å². The molecule has 120 valence electrons. The van der Waals surface area contributed by atoms with E-state index in [2.05, 4.69) is 12.1 Å². The number of rotatable bonds is 3. The van der Waals surface area contributed by atoms with Crippen LogP contribution >= 0.6 is 7.92 Å². The summed E-state index contributed by atoms with van der Waals surface area (Å²) in [6.45, 7) is 1.10. The molecule has 7 heteroatoms. The quantitative estimate of drug-likeness (QED) is 0.490. The fourth-order valence-corrected chi connectivity index (χ4v) is 5.09. The molecule has 0 bridgehead atoms. The number of hydrogen-bond acceptors (Lipinski definition) is 3. The Hall–Kier alpha value is -2.07. The summed E-state index contributed by atoms with van der Waals surface area (Å²) < 4.78 is 28.2. The summed E-state index contributed by atoms with van der Waals surface area (Å²) >= 11 is 0. The second-order valence-electron chi connectivity index (χ2n) is 5.32. The predicted octanol–water partition coefficient (Wildman–Crippen LogP) is 3.50. The van der Waals surface area contributed by atoms with Gasteiger partial charge in [-0.25, -0.2) is 8.78 Å². The average Bonchev–Trinajstić information content (AvgIpc) is 2.55. The highest BCUT2D eigenvalue weighted by Crippen LogP contribution is 2.39. The summed E-state index contributed by atoms with van der Waals surface area (Å²) in [5, 5.41) is 12.0. The molecule has 1 aliphatic heterocycles. The van der Waals surface area contributed by atoms with Gasteiger partial charge in [-0.3, -0.25) is 10.1 Å². The number of non-ortho nitro benzene ring substituents is 1. The maximum absolute atomic E-state index is 14.1. The first-order valence-corrected chi connectivity index (χ1v) is 8.96. The highest BCUT2D eigenvalue weighted by atomic mass is 31.1. The van der Waals surface area contributed by atoms with Crippen molar-refractivity contribution >= 4 is 24.6 Å². The SMILES string of the molecule is O=[N+]([O-])c1cc(F)c(N2CCP(c3ccccc3)CC2)c(F)c1. The van der Waals surface area contributed by atoms with Crippen molar-refractivity contribution < 1.29 is 13.7 Å². The van der Waals surface area contributed by atoms with E-state index in [1.807, 2.05) is 18.2 Å². The third-order valence-corrected chi connectivity index (χ3v) is 6.44. The molecule has 0 unspecified atom stereocenters. The lowest BCUT2D eigenvalue weighted by molar-refractivity contribution is -0.385. The van der Waals surface area contributed by atoms with Crippen LogP contribution in [-0.4, -0.2) is 30.3 Å². The van der Waals surface area contributed by atoms with Crippen LogP contribution in [0.25, 0.3) is 0 Å². The average molecular weight is 336 g/mol. The molecule has 1 heterocycles. The standard InChI is InChI=1S/C16H15F2N2O2P/c17-14-10-12(20(21)22)11-15(18)16(14)19-6-8-23(9-7-19)13-4-2-1-3-5-13/h1-5,10-11H,6-9H2. The van der Waals surface area contributed by atoms with E-state index in [0.29, 0.717) is 13.1 Å². The number of hydrogen-bond donors (Lipinski definition) is 0. The van der Waals surface area contributed by atoms with Gasteiger partial charge in [0.25, 0.3) is 5.69 Å². The fraction of sp³-hybridized carbons (Fsp3) is 0.250. The van der Waals surface area contributed by atoms with Crippen molar-refractivity contribution in [2.45, 2.75) is 0 Å². The lowest BCUT2D eigenvalue weighted by Gasteiger charge is -2.34. The van der Waals surface area contributed by atoms with Crippen LogP contribution in [0.15, 0.2) is 42.5 Å². The van der Waals surface area contributed by atoms with Crippen molar-refractivity contribution in [2.24, 2.45) is 0 Å². The molecule has 2 aromatic carbocycles. The van der Waals surface area contributed by atoms with Crippen molar-refractivity contribution in [3.8, 4) is 0 Å². The largest absolute Gasteiger partial charge is 0.366 e. The predicted molar refractivity (Wildman–Crippen MR) is 88.0 cm³/mol. The Morgan fingerprint density at radius 2 is 1.61 bits per heavy atom. The van der Waals surface area contributed by atoms with E-state index in [0.717, 1.165) is 24.5 Å². The number of anilines is 1. The van der Waals surface area contributed by atoms with Crippen LogP contribution in [-0.2, 0) is 0 Å². The minimum atomic E-state index is -0.873. The molecule has 0 aromatic heterocycles. The molecule has 23 heavy (non-hydrogen) atoms. The first kappa shape index (κ1) is 15.8. The normalized spacial score (nSPS) is 15.7. The highest BCUT2D eigenvalue weighted by molar-refractivity contribution is 7.65. The molecule has 0 spiro atoms. The molecule has 3 rings (SSSR count). The van der Waals surface area contributed by atoms with E-state index in [1.54, 1.807) is 4.90 Å². The van der Waals surface area contributed by atoms with Gasteiger partial charge in [-0.1, -0.05) is 38.3 Å². The van der Waals surface area contributed by atoms with Crippen LogP contribution in [0.3, 0.4) is 0 Å².